The number of amides is 2. The van der Waals surface area contributed by atoms with Crippen molar-refractivity contribution in [1.82, 2.24) is 10.2 Å². The third-order valence-electron chi connectivity index (χ3n) is 4.50. The Morgan fingerprint density at radius 1 is 1.11 bits per heavy atom. The van der Waals surface area contributed by atoms with Crippen molar-refractivity contribution in [3.05, 3.63) is 53.5 Å². The van der Waals surface area contributed by atoms with Crippen LogP contribution in [0.5, 0.6) is 0 Å². The van der Waals surface area contributed by atoms with E-state index in [2.05, 4.69) is 15.5 Å². The van der Waals surface area contributed by atoms with Gasteiger partial charge >= 0.3 is 0 Å². The molecule has 1 fully saturated rings. The number of ether oxygens (including phenoxy) is 1. The standard InChI is InChI=1S/C20H25N3O4/c1-14-3-8-19(27-14)18(23-9-11-26-12-10-23)13-21-20(25)16-4-6-17(7-5-16)22-15(2)24/h3-8,18H,9-13H2,1-2H3,(H,21,25)(H,22,24)/t18-/m0/s1. The predicted octanol–water partition coefficient (Wildman–Crippen LogP) is 2.35. The van der Waals surface area contributed by atoms with E-state index in [1.165, 1.54) is 6.92 Å². The van der Waals surface area contributed by atoms with Crippen molar-refractivity contribution in [2.24, 2.45) is 0 Å². The summed E-state index contributed by atoms with van der Waals surface area (Å²) in [4.78, 5) is 25.9. The lowest BCUT2D eigenvalue weighted by Gasteiger charge is -2.33. The van der Waals surface area contributed by atoms with Gasteiger partial charge in [-0.1, -0.05) is 0 Å². The molecular formula is C20H25N3O4. The smallest absolute Gasteiger partial charge is 0.251 e. The molecule has 3 rings (SSSR count). The Labute approximate surface area is 158 Å². The number of furan rings is 1. The molecule has 2 heterocycles. The molecule has 0 spiro atoms. The number of rotatable bonds is 6. The SMILES string of the molecule is CC(=O)Nc1ccc(C(=O)NC[C@@H](c2ccc(C)o2)N2CCOCC2)cc1. The van der Waals surface area contributed by atoms with Gasteiger partial charge in [-0.15, -0.1) is 0 Å². The lowest BCUT2D eigenvalue weighted by atomic mass is 10.1. The minimum Gasteiger partial charge on any atom is -0.465 e. The fourth-order valence-corrected chi connectivity index (χ4v) is 3.13. The Bertz CT molecular complexity index is 779. The second kappa shape index (κ2) is 8.83. The van der Waals surface area contributed by atoms with E-state index in [0.29, 0.717) is 31.0 Å². The second-order valence-corrected chi connectivity index (χ2v) is 6.58. The Hall–Kier alpha value is -2.64. The molecule has 1 aliphatic heterocycles. The summed E-state index contributed by atoms with van der Waals surface area (Å²) < 4.78 is 11.3. The van der Waals surface area contributed by atoms with Crippen LogP contribution in [0.1, 0.15) is 34.8 Å². The van der Waals surface area contributed by atoms with Crippen LogP contribution in [0.2, 0.25) is 0 Å². The van der Waals surface area contributed by atoms with Crippen LogP contribution in [0.25, 0.3) is 0 Å². The largest absolute Gasteiger partial charge is 0.465 e. The molecule has 1 aromatic carbocycles. The van der Waals surface area contributed by atoms with E-state index in [9.17, 15) is 9.59 Å². The van der Waals surface area contributed by atoms with Crippen molar-refractivity contribution in [2.45, 2.75) is 19.9 Å². The summed E-state index contributed by atoms with van der Waals surface area (Å²) in [6.45, 7) is 6.75. The number of morpholine rings is 1. The van der Waals surface area contributed by atoms with Gasteiger partial charge in [0.2, 0.25) is 5.91 Å². The van der Waals surface area contributed by atoms with Gasteiger partial charge in [0, 0.05) is 37.8 Å². The zero-order chi connectivity index (χ0) is 19.2. The fourth-order valence-electron chi connectivity index (χ4n) is 3.13. The fraction of sp³-hybridized carbons (Fsp3) is 0.400. The molecule has 7 heteroatoms. The van der Waals surface area contributed by atoms with E-state index in [0.717, 1.165) is 24.6 Å². The van der Waals surface area contributed by atoms with E-state index in [-0.39, 0.29) is 17.9 Å². The van der Waals surface area contributed by atoms with Gasteiger partial charge in [0.15, 0.2) is 0 Å². The minimum atomic E-state index is -0.161. The van der Waals surface area contributed by atoms with Crippen LogP contribution in [0.4, 0.5) is 5.69 Å². The maximum Gasteiger partial charge on any atom is 0.251 e. The number of benzene rings is 1. The summed E-state index contributed by atoms with van der Waals surface area (Å²) in [5.41, 5.74) is 1.21. The highest BCUT2D eigenvalue weighted by molar-refractivity contribution is 5.95. The summed E-state index contributed by atoms with van der Waals surface area (Å²) in [6, 6.07) is 10.7. The number of nitrogens with one attached hydrogen (secondary N) is 2. The Kier molecular flexibility index (Phi) is 6.26. The van der Waals surface area contributed by atoms with Crippen LogP contribution >= 0.6 is 0 Å². The van der Waals surface area contributed by atoms with E-state index in [1.807, 2.05) is 19.1 Å². The maximum absolute atomic E-state index is 12.5. The summed E-state index contributed by atoms with van der Waals surface area (Å²) in [6.07, 6.45) is 0. The normalized spacial score (nSPS) is 15.9. The molecule has 0 saturated carbocycles. The third kappa shape index (κ3) is 5.18. The highest BCUT2D eigenvalue weighted by Crippen LogP contribution is 2.23. The molecule has 0 unspecified atom stereocenters. The van der Waals surface area contributed by atoms with E-state index in [1.54, 1.807) is 24.3 Å². The highest BCUT2D eigenvalue weighted by Gasteiger charge is 2.25. The molecule has 1 aliphatic rings. The Morgan fingerprint density at radius 3 is 2.41 bits per heavy atom. The molecule has 0 radical (unpaired) electrons. The number of hydrogen-bond donors (Lipinski definition) is 2. The number of hydrogen-bond acceptors (Lipinski definition) is 5. The predicted molar refractivity (Wildman–Crippen MR) is 102 cm³/mol. The van der Waals surface area contributed by atoms with E-state index >= 15 is 0 Å². The number of aryl methyl sites for hydroxylation is 1. The van der Waals surface area contributed by atoms with Crippen molar-refractivity contribution in [2.75, 3.05) is 38.2 Å². The van der Waals surface area contributed by atoms with Crippen LogP contribution in [-0.2, 0) is 9.53 Å². The monoisotopic (exact) mass is 371 g/mol. The quantitative estimate of drug-likeness (QED) is 0.814. The summed E-state index contributed by atoms with van der Waals surface area (Å²) in [5.74, 6) is 1.39. The molecule has 1 atom stereocenters. The van der Waals surface area contributed by atoms with Gasteiger partial charge < -0.3 is 19.8 Å². The molecule has 27 heavy (non-hydrogen) atoms. The Balaban J connectivity index is 1.65. The zero-order valence-corrected chi connectivity index (χ0v) is 15.7. The number of carbonyl (C=O) groups excluding carboxylic acids is 2. The number of nitrogens with zero attached hydrogens (tertiary/aromatic N) is 1. The van der Waals surface area contributed by atoms with Gasteiger partial charge in [-0.25, -0.2) is 0 Å². The molecule has 0 bridgehead atoms. The van der Waals surface area contributed by atoms with Crippen LogP contribution in [0, 0.1) is 6.92 Å². The number of carbonyl (C=O) groups is 2. The molecule has 0 aliphatic carbocycles. The van der Waals surface area contributed by atoms with Crippen molar-refractivity contribution in [1.29, 1.82) is 0 Å². The van der Waals surface area contributed by atoms with Crippen LogP contribution in [0.3, 0.4) is 0 Å². The first-order valence-corrected chi connectivity index (χ1v) is 9.07. The molecule has 2 aromatic rings. The lowest BCUT2D eigenvalue weighted by Crippen LogP contribution is -2.43. The molecule has 2 amide bonds. The van der Waals surface area contributed by atoms with Gasteiger partial charge in [0.25, 0.3) is 5.91 Å². The molecule has 7 nitrogen and oxygen atoms in total. The molecule has 1 saturated heterocycles. The average Bonchev–Trinajstić information content (AvgIpc) is 3.09. The zero-order valence-electron chi connectivity index (χ0n) is 15.7. The topological polar surface area (TPSA) is 83.8 Å². The first-order chi connectivity index (χ1) is 13.0. The van der Waals surface area contributed by atoms with Gasteiger partial charge in [0.1, 0.15) is 11.5 Å². The molecule has 144 valence electrons. The maximum atomic E-state index is 12.5. The lowest BCUT2D eigenvalue weighted by molar-refractivity contribution is -0.114. The summed E-state index contributed by atoms with van der Waals surface area (Å²) in [7, 11) is 0. The van der Waals surface area contributed by atoms with Crippen LogP contribution in [-0.4, -0.2) is 49.6 Å². The third-order valence-corrected chi connectivity index (χ3v) is 4.50. The second-order valence-electron chi connectivity index (χ2n) is 6.58. The van der Waals surface area contributed by atoms with Crippen LogP contribution < -0.4 is 10.6 Å². The molecular weight excluding hydrogens is 346 g/mol. The average molecular weight is 371 g/mol. The molecule has 2 N–H and O–H groups in total. The first-order valence-electron chi connectivity index (χ1n) is 9.07. The van der Waals surface area contributed by atoms with Gasteiger partial charge in [-0.2, -0.15) is 0 Å². The van der Waals surface area contributed by atoms with E-state index in [4.69, 9.17) is 9.15 Å². The van der Waals surface area contributed by atoms with Gasteiger partial charge in [-0.05, 0) is 43.3 Å². The minimum absolute atomic E-state index is 0.0368. The van der Waals surface area contributed by atoms with Crippen molar-refractivity contribution in [3.63, 3.8) is 0 Å². The van der Waals surface area contributed by atoms with Gasteiger partial charge in [0.05, 0.1) is 19.3 Å². The van der Waals surface area contributed by atoms with Crippen molar-refractivity contribution >= 4 is 17.5 Å². The summed E-state index contributed by atoms with van der Waals surface area (Å²) in [5, 5.41) is 5.68. The number of anilines is 1. The van der Waals surface area contributed by atoms with Crippen molar-refractivity contribution < 1.29 is 18.7 Å². The van der Waals surface area contributed by atoms with E-state index < -0.39 is 0 Å². The van der Waals surface area contributed by atoms with Crippen LogP contribution in [0.15, 0.2) is 40.8 Å². The summed E-state index contributed by atoms with van der Waals surface area (Å²) >= 11 is 0. The Morgan fingerprint density at radius 2 is 1.81 bits per heavy atom. The highest BCUT2D eigenvalue weighted by atomic mass is 16.5. The molecule has 1 aromatic heterocycles. The first kappa shape index (κ1) is 19.1. The van der Waals surface area contributed by atoms with Gasteiger partial charge in [-0.3, -0.25) is 14.5 Å². The van der Waals surface area contributed by atoms with Crippen molar-refractivity contribution in [3.8, 4) is 0 Å².